The maximum Gasteiger partial charge on any atom is 0.0672 e. The van der Waals surface area contributed by atoms with Crippen molar-refractivity contribution >= 4 is 0 Å². The minimum atomic E-state index is -0.262. The highest BCUT2D eigenvalue weighted by atomic mass is 16.5. The fraction of sp³-hybridized carbons (Fsp3) is 1.00. The molecule has 0 amide bonds. The summed E-state index contributed by atoms with van der Waals surface area (Å²) in [7, 11) is 0. The third-order valence-electron chi connectivity index (χ3n) is 2.74. The van der Waals surface area contributed by atoms with Gasteiger partial charge in [0.15, 0.2) is 0 Å². The Kier molecular flexibility index (Phi) is 3.00. The summed E-state index contributed by atoms with van der Waals surface area (Å²) in [6, 6.07) is 0. The van der Waals surface area contributed by atoms with Crippen LogP contribution in [0.1, 0.15) is 40.5 Å². The summed E-state index contributed by atoms with van der Waals surface area (Å²) in [6.45, 7) is 9.40. The van der Waals surface area contributed by atoms with Gasteiger partial charge in [-0.05, 0) is 27.2 Å². The monoisotopic (exact) mass is 187 g/mol. The van der Waals surface area contributed by atoms with Crippen LogP contribution in [-0.4, -0.2) is 34.6 Å². The van der Waals surface area contributed by atoms with E-state index in [0.717, 1.165) is 12.8 Å². The van der Waals surface area contributed by atoms with Gasteiger partial charge in [0, 0.05) is 0 Å². The van der Waals surface area contributed by atoms with Crippen LogP contribution in [0.15, 0.2) is 0 Å². The molecule has 0 aromatic heterocycles. The summed E-state index contributed by atoms with van der Waals surface area (Å²) in [5.41, 5.74) is -0.474. The Morgan fingerprint density at radius 2 is 1.92 bits per heavy atom. The molecule has 0 bridgehead atoms. The molecule has 0 spiro atoms. The van der Waals surface area contributed by atoms with Crippen LogP contribution in [0, 0.1) is 0 Å². The van der Waals surface area contributed by atoms with Crippen molar-refractivity contribution in [2.75, 3.05) is 13.2 Å². The van der Waals surface area contributed by atoms with E-state index in [1.54, 1.807) is 0 Å². The van der Waals surface area contributed by atoms with Gasteiger partial charge in [0.2, 0.25) is 0 Å². The average Bonchev–Trinajstić information content (AvgIpc) is 2.01. The SMILES string of the molecule is CCCC1(C)COCC(C)(C)N1O. The lowest BCUT2D eigenvalue weighted by Gasteiger charge is -2.49. The number of hydrogen-bond acceptors (Lipinski definition) is 3. The smallest absolute Gasteiger partial charge is 0.0672 e. The second-order valence-electron chi connectivity index (χ2n) is 4.86. The van der Waals surface area contributed by atoms with Crippen molar-refractivity contribution in [3.05, 3.63) is 0 Å². The van der Waals surface area contributed by atoms with E-state index in [0.29, 0.717) is 13.2 Å². The molecule has 1 fully saturated rings. The molecule has 1 aliphatic heterocycles. The Bertz CT molecular complexity index is 178. The average molecular weight is 187 g/mol. The van der Waals surface area contributed by atoms with Gasteiger partial charge in [0.25, 0.3) is 0 Å². The molecule has 0 saturated carbocycles. The topological polar surface area (TPSA) is 32.7 Å². The number of nitrogens with zero attached hydrogens (tertiary/aromatic N) is 1. The number of hydrogen-bond donors (Lipinski definition) is 1. The number of rotatable bonds is 2. The molecule has 0 radical (unpaired) electrons. The minimum Gasteiger partial charge on any atom is -0.377 e. The zero-order valence-corrected chi connectivity index (χ0v) is 9.13. The molecule has 78 valence electrons. The highest BCUT2D eigenvalue weighted by molar-refractivity contribution is 4.93. The van der Waals surface area contributed by atoms with E-state index in [2.05, 4.69) is 13.8 Å². The molecule has 1 atom stereocenters. The quantitative estimate of drug-likeness (QED) is 0.718. The molecule has 1 heterocycles. The molecule has 0 aliphatic carbocycles. The summed E-state index contributed by atoms with van der Waals surface area (Å²) in [4.78, 5) is 0. The zero-order chi connectivity index (χ0) is 10.1. The maximum atomic E-state index is 10.0. The number of hydroxylamine groups is 2. The van der Waals surface area contributed by atoms with Crippen molar-refractivity contribution in [2.24, 2.45) is 0 Å². The largest absolute Gasteiger partial charge is 0.377 e. The first-order chi connectivity index (χ1) is 5.92. The molecule has 3 nitrogen and oxygen atoms in total. The second kappa shape index (κ2) is 3.56. The van der Waals surface area contributed by atoms with Crippen LogP contribution in [0.5, 0.6) is 0 Å². The Labute approximate surface area is 80.6 Å². The van der Waals surface area contributed by atoms with Crippen molar-refractivity contribution in [1.82, 2.24) is 5.06 Å². The first-order valence-corrected chi connectivity index (χ1v) is 4.99. The van der Waals surface area contributed by atoms with Gasteiger partial charge in [-0.1, -0.05) is 13.3 Å². The molecular formula is C10H21NO2. The van der Waals surface area contributed by atoms with Gasteiger partial charge >= 0.3 is 0 Å². The third-order valence-corrected chi connectivity index (χ3v) is 2.74. The lowest BCUT2D eigenvalue weighted by molar-refractivity contribution is -0.285. The van der Waals surface area contributed by atoms with Gasteiger partial charge in [-0.3, -0.25) is 0 Å². The van der Waals surface area contributed by atoms with E-state index in [9.17, 15) is 5.21 Å². The first-order valence-electron chi connectivity index (χ1n) is 4.99. The second-order valence-corrected chi connectivity index (χ2v) is 4.86. The van der Waals surface area contributed by atoms with Crippen LogP contribution in [0.2, 0.25) is 0 Å². The van der Waals surface area contributed by atoms with Gasteiger partial charge in [-0.2, -0.15) is 5.06 Å². The highest BCUT2D eigenvalue weighted by Crippen LogP contribution is 2.31. The molecular weight excluding hydrogens is 166 g/mol. The van der Waals surface area contributed by atoms with Crippen LogP contribution < -0.4 is 0 Å². The van der Waals surface area contributed by atoms with E-state index >= 15 is 0 Å². The van der Waals surface area contributed by atoms with Crippen LogP contribution in [-0.2, 0) is 4.74 Å². The van der Waals surface area contributed by atoms with E-state index in [1.165, 1.54) is 5.06 Å². The fourth-order valence-electron chi connectivity index (χ4n) is 2.09. The number of morpholine rings is 1. The fourth-order valence-corrected chi connectivity index (χ4v) is 2.09. The van der Waals surface area contributed by atoms with Crippen LogP contribution in [0.25, 0.3) is 0 Å². The molecule has 0 aromatic carbocycles. The molecule has 1 N–H and O–H groups in total. The van der Waals surface area contributed by atoms with Gasteiger partial charge in [-0.15, -0.1) is 0 Å². The normalized spacial score (nSPS) is 34.8. The Balaban J connectivity index is 2.75. The van der Waals surface area contributed by atoms with Gasteiger partial charge in [-0.25, -0.2) is 0 Å². The summed E-state index contributed by atoms with van der Waals surface area (Å²) in [5.74, 6) is 0. The van der Waals surface area contributed by atoms with E-state index in [4.69, 9.17) is 4.74 Å². The molecule has 1 unspecified atom stereocenters. The molecule has 1 saturated heterocycles. The van der Waals surface area contributed by atoms with Gasteiger partial charge in [0.1, 0.15) is 0 Å². The van der Waals surface area contributed by atoms with Crippen LogP contribution >= 0.6 is 0 Å². The number of ether oxygens (including phenoxy) is 1. The lowest BCUT2D eigenvalue weighted by Crippen LogP contribution is -2.63. The van der Waals surface area contributed by atoms with E-state index in [1.807, 2.05) is 13.8 Å². The predicted molar refractivity (Wildman–Crippen MR) is 51.8 cm³/mol. The molecule has 3 heteroatoms. The summed E-state index contributed by atoms with van der Waals surface area (Å²) < 4.78 is 5.52. The van der Waals surface area contributed by atoms with Crippen molar-refractivity contribution in [2.45, 2.75) is 51.6 Å². The predicted octanol–water partition coefficient (Wildman–Crippen LogP) is 2.05. The van der Waals surface area contributed by atoms with Crippen molar-refractivity contribution in [1.29, 1.82) is 0 Å². The summed E-state index contributed by atoms with van der Waals surface area (Å²) in [5, 5.41) is 11.5. The highest BCUT2D eigenvalue weighted by Gasteiger charge is 2.43. The Hall–Kier alpha value is -0.120. The van der Waals surface area contributed by atoms with Gasteiger partial charge in [0.05, 0.1) is 24.3 Å². The van der Waals surface area contributed by atoms with Crippen LogP contribution in [0.4, 0.5) is 0 Å². The van der Waals surface area contributed by atoms with Crippen molar-refractivity contribution in [3.63, 3.8) is 0 Å². The standard InChI is InChI=1S/C10H21NO2/c1-5-6-10(4)8-13-7-9(2,3)11(10)12/h12H,5-8H2,1-4H3. The lowest BCUT2D eigenvalue weighted by atomic mass is 9.89. The Morgan fingerprint density at radius 1 is 1.31 bits per heavy atom. The molecule has 0 aromatic rings. The summed E-state index contributed by atoms with van der Waals surface area (Å²) in [6.07, 6.45) is 2.03. The zero-order valence-electron chi connectivity index (χ0n) is 9.13. The van der Waals surface area contributed by atoms with Crippen molar-refractivity contribution < 1.29 is 9.94 Å². The Morgan fingerprint density at radius 3 is 2.46 bits per heavy atom. The molecule has 1 rings (SSSR count). The summed E-state index contributed by atoms with van der Waals surface area (Å²) >= 11 is 0. The molecule has 13 heavy (non-hydrogen) atoms. The van der Waals surface area contributed by atoms with Crippen molar-refractivity contribution in [3.8, 4) is 0 Å². The van der Waals surface area contributed by atoms with Gasteiger partial charge < -0.3 is 9.94 Å². The minimum absolute atomic E-state index is 0.212. The van der Waals surface area contributed by atoms with Crippen LogP contribution in [0.3, 0.4) is 0 Å². The van der Waals surface area contributed by atoms with E-state index in [-0.39, 0.29) is 11.1 Å². The van der Waals surface area contributed by atoms with E-state index < -0.39 is 0 Å². The first kappa shape index (κ1) is 11.0. The third kappa shape index (κ3) is 2.03. The maximum absolute atomic E-state index is 10.0. The molecule has 1 aliphatic rings.